The van der Waals surface area contributed by atoms with Gasteiger partial charge in [-0.25, -0.2) is 0 Å². The van der Waals surface area contributed by atoms with Gasteiger partial charge in [-0.15, -0.1) is 0 Å². The van der Waals surface area contributed by atoms with E-state index in [0.717, 1.165) is 48.7 Å². The number of rotatable bonds is 4. The van der Waals surface area contributed by atoms with Crippen molar-refractivity contribution in [3.63, 3.8) is 0 Å². The molecular formula is C47H35N5OPt. The number of para-hydroxylation sites is 4. The van der Waals surface area contributed by atoms with Crippen molar-refractivity contribution in [3.8, 4) is 23.0 Å². The van der Waals surface area contributed by atoms with Gasteiger partial charge in [0.05, 0.1) is 16.6 Å². The fourth-order valence-electron chi connectivity index (χ4n) is 8.57. The Morgan fingerprint density at radius 1 is 0.537 bits per heavy atom. The van der Waals surface area contributed by atoms with Gasteiger partial charge in [0.1, 0.15) is 0 Å². The molecule has 0 fully saturated rings. The quantitative estimate of drug-likeness (QED) is 0.177. The first-order valence-corrected chi connectivity index (χ1v) is 19.4. The summed E-state index contributed by atoms with van der Waals surface area (Å²) in [5.41, 5.74) is 10.4. The van der Waals surface area contributed by atoms with Crippen LogP contribution in [0.1, 0.15) is 26.3 Å². The summed E-state index contributed by atoms with van der Waals surface area (Å²) in [7, 11) is 2.11. The molecule has 0 aliphatic heterocycles. The summed E-state index contributed by atoms with van der Waals surface area (Å²) in [6, 6.07) is 47.9. The second kappa shape index (κ2) is 11.3. The van der Waals surface area contributed by atoms with E-state index in [1.54, 1.807) is 0 Å². The van der Waals surface area contributed by atoms with Crippen LogP contribution in [-0.4, -0.2) is 23.1 Å². The summed E-state index contributed by atoms with van der Waals surface area (Å²) in [5.74, 6) is 2.43. The Morgan fingerprint density at radius 3 is 2.04 bits per heavy atom. The van der Waals surface area contributed by atoms with Crippen LogP contribution in [0.4, 0.5) is 0 Å². The predicted molar refractivity (Wildman–Crippen MR) is 217 cm³/mol. The van der Waals surface area contributed by atoms with E-state index in [0.29, 0.717) is 0 Å². The van der Waals surface area contributed by atoms with Crippen LogP contribution in [0.15, 0.2) is 140 Å². The van der Waals surface area contributed by atoms with Crippen LogP contribution in [0.3, 0.4) is 0 Å². The third kappa shape index (κ3) is 4.44. The summed E-state index contributed by atoms with van der Waals surface area (Å²) in [6.45, 7) is 6.76. The van der Waals surface area contributed by atoms with E-state index >= 15 is 0 Å². The number of ether oxygens (including phenoxy) is 1. The molecule has 264 valence electrons. The third-order valence-electron chi connectivity index (χ3n) is 11.1. The van der Waals surface area contributed by atoms with Crippen molar-refractivity contribution in [2.24, 2.45) is 7.05 Å². The second-order valence-electron chi connectivity index (χ2n) is 15.3. The summed E-state index contributed by atoms with van der Waals surface area (Å²) < 4.78 is 17.1. The number of aromatic nitrogens is 5. The normalized spacial score (nSPS) is 12.6. The Morgan fingerprint density at radius 2 is 1.20 bits per heavy atom. The van der Waals surface area contributed by atoms with Gasteiger partial charge in [-0.3, -0.25) is 0 Å². The second-order valence-corrected chi connectivity index (χ2v) is 16.3. The fraction of sp³-hybridized carbons (Fsp3) is 0.106. The molecule has 5 heterocycles. The maximum atomic E-state index is 6.71. The number of hydrogen-bond donors (Lipinski definition) is 0. The van der Waals surface area contributed by atoms with Gasteiger partial charge in [-0.05, 0) is 23.1 Å². The van der Waals surface area contributed by atoms with Crippen LogP contribution in [0.5, 0.6) is 11.5 Å². The Hall–Kier alpha value is -5.97. The van der Waals surface area contributed by atoms with Gasteiger partial charge in [-0.2, -0.15) is 0 Å². The molecule has 0 N–H and O–H groups in total. The van der Waals surface area contributed by atoms with Gasteiger partial charge in [0.15, 0.2) is 0 Å². The molecule has 0 saturated heterocycles. The van der Waals surface area contributed by atoms with Crippen LogP contribution in [0, 0.1) is 3.80 Å². The van der Waals surface area contributed by atoms with Gasteiger partial charge < -0.3 is 4.40 Å². The van der Waals surface area contributed by atoms with Crippen LogP contribution < -0.4 is 4.74 Å². The standard InChI is InChI=1S/C47H35N5O.Pt/c1-47(2,3)29-21-22-48-45(23-29)51-42-25-32(53-31-12-9-11-30(24-31)50-28-49(4)40-17-7-8-18-41(40)50)19-20-34(42)37-26-38-36-15-10-14-35-33-13-5-6-16-39(33)52(46(35)36)44(38)27-43(37)51;/h5-27H,1-4H3;. The molecule has 0 radical (unpaired) electrons. The van der Waals surface area contributed by atoms with Crippen molar-refractivity contribution in [1.82, 2.24) is 23.1 Å². The van der Waals surface area contributed by atoms with Crippen LogP contribution in [0.25, 0.3) is 82.4 Å². The molecule has 0 atom stereocenters. The minimum absolute atomic E-state index is 0.0335. The minimum atomic E-state index is -0.0335. The fourth-order valence-corrected chi connectivity index (χ4v) is 9.41. The van der Waals surface area contributed by atoms with Crippen molar-refractivity contribution >= 4 is 70.9 Å². The van der Waals surface area contributed by atoms with Crippen molar-refractivity contribution < 1.29 is 24.1 Å². The SMILES string of the molecule is Cn1[c](=[Pt])n(-c2cccc(Oc3ccc4c5cc6c7cccc8c9ccccc9n(c6cc5n(-c5cc(C(C)(C)C)ccn5)c4c3)c87)c2)c2ccccc21. The molecule has 0 aliphatic carbocycles. The first kappa shape index (κ1) is 31.5. The van der Waals surface area contributed by atoms with E-state index in [4.69, 9.17) is 9.72 Å². The molecule has 6 nitrogen and oxygen atoms in total. The zero-order valence-corrected chi connectivity index (χ0v) is 32.5. The van der Waals surface area contributed by atoms with Gasteiger partial charge in [0.2, 0.25) is 0 Å². The molecule has 54 heavy (non-hydrogen) atoms. The zero-order valence-electron chi connectivity index (χ0n) is 30.2. The average Bonchev–Trinajstić information content (AvgIpc) is 3.88. The Balaban J connectivity index is 1.14. The number of fused-ring (bicyclic) bond motifs is 10. The molecule has 6 aromatic carbocycles. The summed E-state index contributed by atoms with van der Waals surface area (Å²) in [4.78, 5) is 5.01. The van der Waals surface area contributed by atoms with Crippen LogP contribution in [-0.2, 0) is 31.8 Å². The van der Waals surface area contributed by atoms with Crippen molar-refractivity contribution in [2.45, 2.75) is 26.2 Å². The van der Waals surface area contributed by atoms with Gasteiger partial charge in [0, 0.05) is 27.7 Å². The first-order chi connectivity index (χ1) is 26.2. The number of aryl methyl sites for hydroxylation is 1. The van der Waals surface area contributed by atoms with Gasteiger partial charge in [-0.1, -0.05) is 57.2 Å². The Bertz CT molecular complexity index is 3390. The molecular weight excluding hydrogens is 846 g/mol. The van der Waals surface area contributed by atoms with Crippen LogP contribution in [0.2, 0.25) is 0 Å². The zero-order chi connectivity index (χ0) is 36.5. The van der Waals surface area contributed by atoms with Crippen molar-refractivity contribution in [1.29, 1.82) is 0 Å². The summed E-state index contributed by atoms with van der Waals surface area (Å²) in [6.07, 6.45) is 1.94. The van der Waals surface area contributed by atoms with E-state index in [9.17, 15) is 0 Å². The summed E-state index contributed by atoms with van der Waals surface area (Å²) >= 11 is 2.40. The molecule has 11 rings (SSSR count). The molecule has 7 heteroatoms. The van der Waals surface area contributed by atoms with Crippen LogP contribution >= 0.6 is 0 Å². The summed E-state index contributed by atoms with van der Waals surface area (Å²) in [5, 5.41) is 7.44. The Kier molecular flexibility index (Phi) is 6.58. The molecule has 0 saturated carbocycles. The molecule has 0 amide bonds. The third-order valence-corrected chi connectivity index (χ3v) is 12.4. The first-order valence-electron chi connectivity index (χ1n) is 18.3. The van der Waals surface area contributed by atoms with E-state index in [-0.39, 0.29) is 5.41 Å². The number of pyridine rings is 1. The molecule has 0 aliphatic rings. The molecule has 0 unspecified atom stereocenters. The number of nitrogens with zero attached hydrogens (tertiary/aromatic N) is 5. The van der Waals surface area contributed by atoms with Gasteiger partial charge in [0.25, 0.3) is 0 Å². The molecule has 0 spiro atoms. The van der Waals surface area contributed by atoms with Crippen molar-refractivity contribution in [2.75, 3.05) is 0 Å². The number of imidazole rings is 1. The van der Waals surface area contributed by atoms with E-state index in [1.165, 1.54) is 54.6 Å². The number of hydrogen-bond acceptors (Lipinski definition) is 2. The van der Waals surface area contributed by atoms with E-state index in [2.05, 4.69) is 193 Å². The maximum absolute atomic E-state index is 6.71. The molecule has 0 bridgehead atoms. The van der Waals surface area contributed by atoms with Gasteiger partial charge >= 0.3 is 194 Å². The topological polar surface area (TPSA) is 41.3 Å². The Labute approximate surface area is 321 Å². The molecule has 5 aromatic heterocycles. The van der Waals surface area contributed by atoms with E-state index in [1.807, 2.05) is 12.3 Å². The van der Waals surface area contributed by atoms with E-state index < -0.39 is 0 Å². The average molecular weight is 881 g/mol. The predicted octanol–water partition coefficient (Wildman–Crippen LogP) is 11.8. The van der Waals surface area contributed by atoms with Crippen molar-refractivity contribution in [3.05, 3.63) is 149 Å². The number of benzene rings is 6. The molecule has 11 aromatic rings. The monoisotopic (exact) mass is 880 g/mol.